The highest BCUT2D eigenvalue weighted by molar-refractivity contribution is 6.32. The van der Waals surface area contributed by atoms with Gasteiger partial charge in [-0.1, -0.05) is 49.4 Å². The number of ether oxygens (including phenoxy) is 1. The third kappa shape index (κ3) is 2.18. The van der Waals surface area contributed by atoms with Gasteiger partial charge in [-0.2, -0.15) is 0 Å². The van der Waals surface area contributed by atoms with Crippen molar-refractivity contribution in [3.63, 3.8) is 0 Å². The molecule has 0 fully saturated rings. The fourth-order valence-corrected chi connectivity index (χ4v) is 2.87. The van der Waals surface area contributed by atoms with Gasteiger partial charge in [-0.15, -0.1) is 0 Å². The summed E-state index contributed by atoms with van der Waals surface area (Å²) in [5.41, 5.74) is -0.140. The van der Waals surface area contributed by atoms with Gasteiger partial charge in [0, 0.05) is 23.6 Å². The van der Waals surface area contributed by atoms with Crippen LogP contribution in [0.4, 0.5) is 0 Å². The molecule has 0 atom stereocenters. The van der Waals surface area contributed by atoms with Crippen LogP contribution in [0.25, 0.3) is 0 Å². The first-order valence-electron chi connectivity index (χ1n) is 7.40. The van der Waals surface area contributed by atoms with Gasteiger partial charge < -0.3 is 4.74 Å². The van der Waals surface area contributed by atoms with Gasteiger partial charge >= 0.3 is 5.97 Å². The van der Waals surface area contributed by atoms with E-state index in [0.717, 1.165) is 12.0 Å². The van der Waals surface area contributed by atoms with Gasteiger partial charge in [-0.05, 0) is 18.1 Å². The Kier molecular flexibility index (Phi) is 3.60. The Morgan fingerprint density at radius 2 is 1.70 bits per heavy atom. The van der Waals surface area contributed by atoms with Crippen LogP contribution in [0.15, 0.2) is 42.5 Å². The van der Waals surface area contributed by atoms with Crippen LogP contribution in [0.5, 0.6) is 0 Å². The zero-order chi connectivity index (χ0) is 16.6. The normalized spacial score (nSPS) is 15.4. The van der Waals surface area contributed by atoms with Crippen LogP contribution >= 0.6 is 0 Å². The van der Waals surface area contributed by atoms with Crippen molar-refractivity contribution in [1.29, 1.82) is 0 Å². The number of rotatable bonds is 3. The lowest BCUT2D eigenvalue weighted by atomic mass is 9.87. The van der Waals surface area contributed by atoms with Gasteiger partial charge in [-0.3, -0.25) is 14.4 Å². The quantitative estimate of drug-likeness (QED) is 0.646. The topological polar surface area (TPSA) is 60.4 Å². The predicted molar refractivity (Wildman–Crippen MR) is 83.2 cm³/mol. The number of hydrogen-bond acceptors (Lipinski definition) is 4. The van der Waals surface area contributed by atoms with E-state index in [-0.39, 0.29) is 16.7 Å². The molecule has 0 bridgehead atoms. The fraction of sp³-hybridized carbons (Fsp3) is 0.211. The van der Waals surface area contributed by atoms with E-state index in [4.69, 9.17) is 4.74 Å². The molecule has 0 aromatic heterocycles. The molecule has 0 spiro atoms. The minimum atomic E-state index is -1.96. The standard InChI is InChI=1S/C19H15O4/c1-3-13-8-10-14(11-9-13)19(23-12(2)20)17(21)15-6-4-5-7-16(15)18(19)22/h4-10H,3H2,1-2H3. The second kappa shape index (κ2) is 5.47. The SMILES string of the molecule is CCc1c[c]c(C2(OC(C)=O)C(=O)c3ccccc3C2=O)cc1. The highest BCUT2D eigenvalue weighted by atomic mass is 16.6. The summed E-state index contributed by atoms with van der Waals surface area (Å²) in [7, 11) is 0. The van der Waals surface area contributed by atoms with Gasteiger partial charge in [0.05, 0.1) is 0 Å². The molecule has 23 heavy (non-hydrogen) atoms. The molecule has 4 nitrogen and oxygen atoms in total. The summed E-state index contributed by atoms with van der Waals surface area (Å²) in [4.78, 5) is 37.4. The number of carbonyl (C=O) groups excluding carboxylic acids is 3. The minimum absolute atomic E-state index is 0.260. The molecule has 0 amide bonds. The number of ketones is 2. The van der Waals surface area contributed by atoms with Crippen LogP contribution < -0.4 is 0 Å². The number of fused-ring (bicyclic) bond motifs is 1. The number of benzene rings is 2. The molecule has 0 saturated carbocycles. The zero-order valence-electron chi connectivity index (χ0n) is 12.9. The highest BCUT2D eigenvalue weighted by Crippen LogP contribution is 2.40. The van der Waals surface area contributed by atoms with Crippen molar-refractivity contribution in [2.45, 2.75) is 25.9 Å². The summed E-state index contributed by atoms with van der Waals surface area (Å²) in [6.07, 6.45) is 0.805. The van der Waals surface area contributed by atoms with E-state index >= 15 is 0 Å². The van der Waals surface area contributed by atoms with Crippen LogP contribution in [0.1, 0.15) is 45.7 Å². The lowest BCUT2D eigenvalue weighted by molar-refractivity contribution is -0.149. The molecule has 115 valence electrons. The molecule has 0 heterocycles. The van der Waals surface area contributed by atoms with Crippen molar-refractivity contribution in [1.82, 2.24) is 0 Å². The number of hydrogen-bond donors (Lipinski definition) is 0. The average molecular weight is 307 g/mol. The smallest absolute Gasteiger partial charge is 0.304 e. The average Bonchev–Trinajstić information content (AvgIpc) is 2.78. The molecule has 0 aliphatic heterocycles. The van der Waals surface area contributed by atoms with E-state index in [1.54, 1.807) is 42.5 Å². The molecule has 2 aromatic rings. The summed E-state index contributed by atoms with van der Waals surface area (Å²) in [6.45, 7) is 3.18. The maximum Gasteiger partial charge on any atom is 0.304 e. The molecule has 0 saturated heterocycles. The predicted octanol–water partition coefficient (Wildman–Crippen LogP) is 2.89. The summed E-state index contributed by atoms with van der Waals surface area (Å²) < 4.78 is 5.30. The lowest BCUT2D eigenvalue weighted by Crippen LogP contribution is -2.42. The lowest BCUT2D eigenvalue weighted by Gasteiger charge is -2.25. The summed E-state index contributed by atoms with van der Waals surface area (Å²) >= 11 is 0. The molecule has 1 radical (unpaired) electrons. The molecule has 2 aromatic carbocycles. The first-order valence-corrected chi connectivity index (χ1v) is 7.40. The second-order valence-electron chi connectivity index (χ2n) is 5.44. The Hall–Kier alpha value is -2.75. The van der Waals surface area contributed by atoms with Crippen molar-refractivity contribution in [3.05, 3.63) is 70.8 Å². The van der Waals surface area contributed by atoms with Gasteiger partial charge in [0.25, 0.3) is 5.60 Å². The van der Waals surface area contributed by atoms with Crippen molar-refractivity contribution >= 4 is 17.5 Å². The highest BCUT2D eigenvalue weighted by Gasteiger charge is 2.57. The summed E-state index contributed by atoms with van der Waals surface area (Å²) in [6, 6.07) is 14.6. The second-order valence-corrected chi connectivity index (χ2v) is 5.44. The van der Waals surface area contributed by atoms with Gasteiger partial charge in [0.2, 0.25) is 11.6 Å². The Morgan fingerprint density at radius 3 is 2.13 bits per heavy atom. The Morgan fingerprint density at radius 1 is 1.09 bits per heavy atom. The molecule has 3 rings (SSSR count). The molecular formula is C19H15O4. The van der Waals surface area contributed by atoms with Crippen LogP contribution in [0, 0.1) is 6.07 Å². The van der Waals surface area contributed by atoms with Crippen molar-refractivity contribution < 1.29 is 19.1 Å². The van der Waals surface area contributed by atoms with Gasteiger partial charge in [-0.25, -0.2) is 0 Å². The first-order chi connectivity index (χ1) is 11.0. The Labute approximate surface area is 134 Å². The number of aryl methyl sites for hydroxylation is 1. The molecule has 1 aliphatic rings. The molecular weight excluding hydrogens is 292 g/mol. The largest absolute Gasteiger partial charge is 0.437 e. The summed E-state index contributed by atoms with van der Waals surface area (Å²) in [5.74, 6) is -1.73. The van der Waals surface area contributed by atoms with E-state index in [2.05, 4.69) is 6.07 Å². The van der Waals surface area contributed by atoms with Crippen molar-refractivity contribution in [2.75, 3.05) is 0 Å². The monoisotopic (exact) mass is 307 g/mol. The molecule has 0 N–H and O–H groups in total. The van der Waals surface area contributed by atoms with Crippen molar-refractivity contribution in [3.8, 4) is 0 Å². The maximum atomic E-state index is 12.9. The summed E-state index contributed by atoms with van der Waals surface area (Å²) in [5, 5.41) is 0. The van der Waals surface area contributed by atoms with E-state index in [1.807, 2.05) is 6.92 Å². The number of Topliss-reactive ketones (excluding diaryl/α,β-unsaturated/α-hetero) is 2. The molecule has 0 unspecified atom stereocenters. The van der Waals surface area contributed by atoms with Crippen LogP contribution in [0.2, 0.25) is 0 Å². The minimum Gasteiger partial charge on any atom is -0.437 e. The molecule has 1 aliphatic carbocycles. The number of carbonyl (C=O) groups is 3. The van der Waals surface area contributed by atoms with Gasteiger partial charge in [0.1, 0.15) is 0 Å². The van der Waals surface area contributed by atoms with Crippen molar-refractivity contribution in [2.24, 2.45) is 0 Å². The van der Waals surface area contributed by atoms with E-state index in [1.165, 1.54) is 6.92 Å². The number of esters is 1. The maximum absolute atomic E-state index is 12.9. The Balaban J connectivity index is 2.21. The van der Waals surface area contributed by atoms with E-state index < -0.39 is 23.1 Å². The first kappa shape index (κ1) is 15.2. The third-order valence-electron chi connectivity index (χ3n) is 4.02. The zero-order valence-corrected chi connectivity index (χ0v) is 12.9. The Bertz CT molecular complexity index is 767. The van der Waals surface area contributed by atoms with E-state index in [9.17, 15) is 14.4 Å². The van der Waals surface area contributed by atoms with Crippen LogP contribution in [-0.4, -0.2) is 17.5 Å². The third-order valence-corrected chi connectivity index (χ3v) is 4.02. The van der Waals surface area contributed by atoms with E-state index in [0.29, 0.717) is 0 Å². The van der Waals surface area contributed by atoms with Crippen LogP contribution in [0.3, 0.4) is 0 Å². The fourth-order valence-electron chi connectivity index (χ4n) is 2.87. The molecule has 4 heteroatoms. The van der Waals surface area contributed by atoms with Crippen LogP contribution in [-0.2, 0) is 21.6 Å². The van der Waals surface area contributed by atoms with Gasteiger partial charge in [0.15, 0.2) is 0 Å².